The Morgan fingerprint density at radius 1 is 1.58 bits per heavy atom. The predicted molar refractivity (Wildman–Crippen MR) is 44.9 cm³/mol. The number of unbranched alkanes of at least 4 members (excludes halogenated alkanes) is 2. The van der Waals surface area contributed by atoms with Crippen molar-refractivity contribution in [2.24, 2.45) is 0 Å². The zero-order valence-electron chi connectivity index (χ0n) is 7.40. The van der Waals surface area contributed by atoms with E-state index in [4.69, 9.17) is 4.74 Å². The van der Waals surface area contributed by atoms with Crippen LogP contribution in [0.3, 0.4) is 0 Å². The van der Waals surface area contributed by atoms with Crippen molar-refractivity contribution in [1.82, 2.24) is 0 Å². The maximum absolute atomic E-state index is 10.2. The van der Waals surface area contributed by atoms with Crippen molar-refractivity contribution in [1.29, 1.82) is 0 Å². The van der Waals surface area contributed by atoms with E-state index in [1.54, 1.807) is 0 Å². The first-order valence-electron chi connectivity index (χ1n) is 4.58. The van der Waals surface area contributed by atoms with Crippen LogP contribution >= 0.6 is 0 Å². The van der Waals surface area contributed by atoms with Crippen molar-refractivity contribution in [2.75, 3.05) is 0 Å². The summed E-state index contributed by atoms with van der Waals surface area (Å²) in [5, 5.41) is 9.43. The molecule has 0 aromatic carbocycles. The lowest BCUT2D eigenvalue weighted by Crippen LogP contribution is -2.17. The molecule has 0 aliphatic carbocycles. The minimum atomic E-state index is -0.438. The summed E-state index contributed by atoms with van der Waals surface area (Å²) in [6.45, 7) is 2.12. The fraction of sp³-hybridized carbons (Fsp3) is 0.889. The third-order valence-corrected chi connectivity index (χ3v) is 2.18. The highest BCUT2D eigenvalue weighted by molar-refractivity contribution is 5.60. The minimum Gasteiger partial charge on any atom is -0.390 e. The number of carbonyl (C=O) groups is 1. The summed E-state index contributed by atoms with van der Waals surface area (Å²) in [5.74, 6) is 0. The average molecular weight is 172 g/mol. The number of hydrogen-bond acceptors (Lipinski definition) is 3. The number of aliphatic hydroxyl groups is 1. The Morgan fingerprint density at radius 3 is 2.83 bits per heavy atom. The second-order valence-electron chi connectivity index (χ2n) is 3.26. The van der Waals surface area contributed by atoms with Crippen molar-refractivity contribution in [3.8, 4) is 0 Å². The van der Waals surface area contributed by atoms with Gasteiger partial charge in [-0.1, -0.05) is 26.2 Å². The molecule has 12 heavy (non-hydrogen) atoms. The molecular weight excluding hydrogens is 156 g/mol. The number of carbonyl (C=O) groups excluding carboxylic acids is 1. The molecule has 0 spiro atoms. The number of aldehydes is 1. The summed E-state index contributed by atoms with van der Waals surface area (Å²) < 4.78 is 4.94. The summed E-state index contributed by atoms with van der Waals surface area (Å²) in [6.07, 6.45) is 3.83. The summed E-state index contributed by atoms with van der Waals surface area (Å²) in [5.41, 5.74) is 0. The Bertz CT molecular complexity index is 147. The molecule has 1 heterocycles. The topological polar surface area (TPSA) is 49.8 Å². The number of epoxide rings is 1. The van der Waals surface area contributed by atoms with Gasteiger partial charge >= 0.3 is 0 Å². The summed E-state index contributed by atoms with van der Waals surface area (Å²) in [4.78, 5) is 10.2. The van der Waals surface area contributed by atoms with Gasteiger partial charge in [-0.3, -0.25) is 0 Å². The lowest BCUT2D eigenvalue weighted by molar-refractivity contribution is -0.108. The van der Waals surface area contributed by atoms with E-state index in [0.717, 1.165) is 32.0 Å². The molecule has 0 saturated carbocycles. The molecule has 0 amide bonds. The Kier molecular flexibility index (Phi) is 3.69. The predicted octanol–water partition coefficient (Wildman–Crippen LogP) is 0.894. The first-order valence-corrected chi connectivity index (χ1v) is 4.58. The molecule has 0 aromatic heterocycles. The third-order valence-electron chi connectivity index (χ3n) is 2.18. The normalized spacial score (nSPS) is 29.8. The molecule has 0 bridgehead atoms. The van der Waals surface area contributed by atoms with Crippen LogP contribution < -0.4 is 0 Å². The number of aliphatic hydroxyl groups excluding tert-OH is 1. The first kappa shape index (κ1) is 9.68. The van der Waals surface area contributed by atoms with Crippen LogP contribution in [-0.4, -0.2) is 29.7 Å². The standard InChI is InChI=1S/C9H16O3/c1-2-3-4-5-7(11)9-8(6-10)12-9/h6-9,11H,2-5H2,1H3/t7-,8+,9+/m0/s1. The molecule has 1 aliphatic rings. The van der Waals surface area contributed by atoms with Crippen molar-refractivity contribution in [3.63, 3.8) is 0 Å². The van der Waals surface area contributed by atoms with Gasteiger partial charge < -0.3 is 14.6 Å². The van der Waals surface area contributed by atoms with Crippen LogP contribution in [0, 0.1) is 0 Å². The average Bonchev–Trinajstić information content (AvgIpc) is 2.83. The zero-order chi connectivity index (χ0) is 8.97. The summed E-state index contributed by atoms with van der Waals surface area (Å²) in [7, 11) is 0. The second kappa shape index (κ2) is 4.58. The molecule has 1 N–H and O–H groups in total. The molecular formula is C9H16O3. The van der Waals surface area contributed by atoms with E-state index in [1.165, 1.54) is 0 Å². The van der Waals surface area contributed by atoms with Gasteiger partial charge in [-0.25, -0.2) is 0 Å². The van der Waals surface area contributed by atoms with Crippen LogP contribution in [0.25, 0.3) is 0 Å². The van der Waals surface area contributed by atoms with Gasteiger partial charge in [0.25, 0.3) is 0 Å². The van der Waals surface area contributed by atoms with Crippen molar-refractivity contribution in [3.05, 3.63) is 0 Å². The van der Waals surface area contributed by atoms with Gasteiger partial charge in [-0.05, 0) is 6.42 Å². The fourth-order valence-electron chi connectivity index (χ4n) is 1.32. The lowest BCUT2D eigenvalue weighted by atomic mass is 10.1. The molecule has 3 heteroatoms. The van der Waals surface area contributed by atoms with Crippen molar-refractivity contribution >= 4 is 6.29 Å². The van der Waals surface area contributed by atoms with E-state index in [1.807, 2.05) is 0 Å². The number of rotatable bonds is 6. The molecule has 1 rings (SSSR count). The van der Waals surface area contributed by atoms with Crippen molar-refractivity contribution in [2.45, 2.75) is 50.9 Å². The Balaban J connectivity index is 2.05. The van der Waals surface area contributed by atoms with E-state index in [9.17, 15) is 9.90 Å². The second-order valence-corrected chi connectivity index (χ2v) is 3.26. The molecule has 3 nitrogen and oxygen atoms in total. The first-order chi connectivity index (χ1) is 5.79. The highest BCUT2D eigenvalue weighted by Gasteiger charge is 2.43. The zero-order valence-corrected chi connectivity index (χ0v) is 7.40. The SMILES string of the molecule is CCCCC[C@H](O)[C@H]1O[C@@H]1C=O. The molecule has 70 valence electrons. The largest absolute Gasteiger partial charge is 0.390 e. The lowest BCUT2D eigenvalue weighted by Gasteiger charge is -2.05. The Labute approximate surface area is 72.7 Å². The van der Waals surface area contributed by atoms with Crippen LogP contribution in [0.4, 0.5) is 0 Å². The van der Waals surface area contributed by atoms with Gasteiger partial charge in [-0.2, -0.15) is 0 Å². The van der Waals surface area contributed by atoms with Gasteiger partial charge in [0.2, 0.25) is 0 Å². The Hall–Kier alpha value is -0.410. The van der Waals surface area contributed by atoms with E-state index < -0.39 is 6.10 Å². The molecule has 0 unspecified atom stereocenters. The van der Waals surface area contributed by atoms with Gasteiger partial charge in [-0.15, -0.1) is 0 Å². The van der Waals surface area contributed by atoms with Gasteiger partial charge in [0, 0.05) is 0 Å². The number of ether oxygens (including phenoxy) is 1. The third kappa shape index (κ3) is 2.57. The van der Waals surface area contributed by atoms with E-state index in [-0.39, 0.29) is 12.2 Å². The molecule has 3 atom stereocenters. The molecule has 0 radical (unpaired) electrons. The maximum atomic E-state index is 10.2. The smallest absolute Gasteiger partial charge is 0.151 e. The molecule has 1 fully saturated rings. The monoisotopic (exact) mass is 172 g/mol. The van der Waals surface area contributed by atoms with Gasteiger partial charge in [0.1, 0.15) is 12.2 Å². The van der Waals surface area contributed by atoms with Crippen LogP contribution in [0.1, 0.15) is 32.6 Å². The number of hydrogen-bond donors (Lipinski definition) is 1. The van der Waals surface area contributed by atoms with E-state index in [2.05, 4.69) is 6.92 Å². The van der Waals surface area contributed by atoms with Crippen LogP contribution in [0.15, 0.2) is 0 Å². The summed E-state index contributed by atoms with van der Waals surface area (Å²) in [6, 6.07) is 0. The molecule has 1 saturated heterocycles. The van der Waals surface area contributed by atoms with Crippen LogP contribution in [0.5, 0.6) is 0 Å². The van der Waals surface area contributed by atoms with E-state index >= 15 is 0 Å². The fourth-order valence-corrected chi connectivity index (χ4v) is 1.32. The van der Waals surface area contributed by atoms with E-state index in [0.29, 0.717) is 0 Å². The maximum Gasteiger partial charge on any atom is 0.151 e. The highest BCUT2D eigenvalue weighted by atomic mass is 16.6. The van der Waals surface area contributed by atoms with Crippen LogP contribution in [0.2, 0.25) is 0 Å². The van der Waals surface area contributed by atoms with Crippen molar-refractivity contribution < 1.29 is 14.6 Å². The summed E-state index contributed by atoms with van der Waals surface area (Å²) >= 11 is 0. The quantitative estimate of drug-likeness (QED) is 0.368. The minimum absolute atomic E-state index is 0.209. The Morgan fingerprint density at radius 2 is 2.33 bits per heavy atom. The van der Waals surface area contributed by atoms with Gasteiger partial charge in [0.15, 0.2) is 6.29 Å². The van der Waals surface area contributed by atoms with Gasteiger partial charge in [0.05, 0.1) is 6.10 Å². The highest BCUT2D eigenvalue weighted by Crippen LogP contribution is 2.26. The molecule has 0 aromatic rings. The van der Waals surface area contributed by atoms with Crippen LogP contribution in [-0.2, 0) is 9.53 Å². The molecule has 1 aliphatic heterocycles.